The molecular weight excluding hydrogens is 316 g/mol. The molecule has 0 spiro atoms. The minimum atomic E-state index is -0.724. The lowest BCUT2D eigenvalue weighted by Gasteiger charge is -2.15. The first-order chi connectivity index (χ1) is 11.2. The van der Waals surface area contributed by atoms with E-state index >= 15 is 0 Å². The Balaban J connectivity index is 2.10. The smallest absolute Gasteiger partial charge is 0.316 e. The number of hydrogen-bond acceptors (Lipinski definition) is 6. The molecule has 1 atom stereocenters. The molecule has 1 heterocycles. The second-order valence-electron chi connectivity index (χ2n) is 4.82. The Kier molecular flexibility index (Phi) is 6.64. The lowest BCUT2D eigenvalue weighted by Crippen LogP contribution is -2.13. The van der Waals surface area contributed by atoms with Gasteiger partial charge in [0.05, 0.1) is 43.5 Å². The minimum absolute atomic E-state index is 0.136. The van der Waals surface area contributed by atoms with Crippen molar-refractivity contribution in [3.8, 4) is 0 Å². The average molecular weight is 336 g/mol. The number of ether oxygens (including phenoxy) is 1. The van der Waals surface area contributed by atoms with E-state index < -0.39 is 6.10 Å². The molecule has 1 aromatic heterocycles. The molecule has 23 heavy (non-hydrogen) atoms. The Labute approximate surface area is 139 Å². The fourth-order valence-corrected chi connectivity index (χ4v) is 2.91. The summed E-state index contributed by atoms with van der Waals surface area (Å²) in [7, 11) is 0. The minimum Gasteiger partial charge on any atom is -0.465 e. The van der Waals surface area contributed by atoms with Gasteiger partial charge in [-0.15, -0.1) is 0 Å². The van der Waals surface area contributed by atoms with Gasteiger partial charge in [0, 0.05) is 0 Å². The Morgan fingerprint density at radius 2 is 2.13 bits per heavy atom. The summed E-state index contributed by atoms with van der Waals surface area (Å²) in [5.41, 5.74) is 1.37. The Bertz CT molecular complexity index is 630. The molecule has 2 aromatic rings. The number of carbonyl (C=O) groups is 1. The third-order valence-corrected chi connectivity index (χ3v) is 4.19. The van der Waals surface area contributed by atoms with Crippen LogP contribution >= 0.6 is 11.8 Å². The number of aromatic nitrogens is 2. The summed E-state index contributed by atoms with van der Waals surface area (Å²) in [5, 5.41) is 20.4. The zero-order chi connectivity index (χ0) is 16.7. The molecule has 0 amide bonds. The van der Waals surface area contributed by atoms with Gasteiger partial charge in [-0.1, -0.05) is 42.1 Å². The molecule has 0 aliphatic carbocycles. The lowest BCUT2D eigenvalue weighted by molar-refractivity contribution is -0.139. The molecule has 2 N–H and O–H groups in total. The molecule has 0 aliphatic rings. The average Bonchev–Trinajstić information content (AvgIpc) is 2.96. The van der Waals surface area contributed by atoms with Gasteiger partial charge in [0.25, 0.3) is 0 Å². The van der Waals surface area contributed by atoms with Crippen molar-refractivity contribution in [2.24, 2.45) is 0 Å². The highest BCUT2D eigenvalue weighted by atomic mass is 32.2. The predicted molar refractivity (Wildman–Crippen MR) is 86.9 cm³/mol. The summed E-state index contributed by atoms with van der Waals surface area (Å²) in [5.74, 6) is -0.182. The Hall–Kier alpha value is -1.83. The van der Waals surface area contributed by atoms with E-state index in [0.717, 1.165) is 5.56 Å². The van der Waals surface area contributed by atoms with Crippen molar-refractivity contribution in [3.05, 3.63) is 47.8 Å². The fourth-order valence-electron chi connectivity index (χ4n) is 2.11. The third-order valence-electron chi connectivity index (χ3n) is 3.23. The van der Waals surface area contributed by atoms with Crippen molar-refractivity contribution in [1.82, 2.24) is 9.55 Å². The lowest BCUT2D eigenvalue weighted by atomic mass is 10.1. The van der Waals surface area contributed by atoms with Crippen molar-refractivity contribution in [2.45, 2.75) is 31.3 Å². The largest absolute Gasteiger partial charge is 0.465 e. The molecule has 2 rings (SSSR count). The molecule has 0 saturated heterocycles. The second-order valence-corrected chi connectivity index (χ2v) is 5.76. The number of carbonyl (C=O) groups excluding carboxylic acids is 1. The van der Waals surface area contributed by atoms with E-state index in [1.807, 2.05) is 30.3 Å². The van der Waals surface area contributed by atoms with Gasteiger partial charge in [0.1, 0.15) is 0 Å². The van der Waals surface area contributed by atoms with Gasteiger partial charge in [-0.25, -0.2) is 4.98 Å². The van der Waals surface area contributed by atoms with Crippen molar-refractivity contribution in [3.63, 3.8) is 0 Å². The van der Waals surface area contributed by atoms with Crippen LogP contribution < -0.4 is 0 Å². The van der Waals surface area contributed by atoms with Crippen molar-refractivity contribution >= 4 is 17.7 Å². The monoisotopic (exact) mass is 336 g/mol. The van der Waals surface area contributed by atoms with E-state index in [2.05, 4.69) is 4.98 Å². The fraction of sp³-hybridized carbons (Fsp3) is 0.375. The zero-order valence-corrected chi connectivity index (χ0v) is 13.7. The topological polar surface area (TPSA) is 84.6 Å². The molecule has 0 fully saturated rings. The van der Waals surface area contributed by atoms with Gasteiger partial charge in [0.2, 0.25) is 0 Å². The summed E-state index contributed by atoms with van der Waals surface area (Å²) >= 11 is 1.22. The van der Waals surface area contributed by atoms with Gasteiger partial charge < -0.3 is 19.5 Å². The molecule has 0 radical (unpaired) electrons. The van der Waals surface area contributed by atoms with E-state index in [1.54, 1.807) is 17.7 Å². The van der Waals surface area contributed by atoms with Gasteiger partial charge in [0.15, 0.2) is 5.16 Å². The van der Waals surface area contributed by atoms with Crippen molar-refractivity contribution < 1.29 is 19.7 Å². The van der Waals surface area contributed by atoms with Crippen LogP contribution in [0.15, 0.2) is 41.7 Å². The molecule has 6 nitrogen and oxygen atoms in total. The number of aliphatic hydroxyl groups is 2. The molecule has 1 aromatic carbocycles. The normalized spacial score (nSPS) is 12.1. The summed E-state index contributed by atoms with van der Waals surface area (Å²) in [6.07, 6.45) is 0.822. The third kappa shape index (κ3) is 4.82. The predicted octanol–water partition coefficient (Wildman–Crippen LogP) is 1.76. The Morgan fingerprint density at radius 1 is 1.39 bits per heavy atom. The van der Waals surface area contributed by atoms with Crippen LogP contribution in [0.3, 0.4) is 0 Å². The number of hydrogen-bond donors (Lipinski definition) is 2. The van der Waals surface area contributed by atoms with Gasteiger partial charge >= 0.3 is 5.97 Å². The van der Waals surface area contributed by atoms with Crippen LogP contribution in [0.5, 0.6) is 0 Å². The Morgan fingerprint density at radius 3 is 2.78 bits per heavy atom. The molecule has 0 bridgehead atoms. The van der Waals surface area contributed by atoms with Gasteiger partial charge in [-0.05, 0) is 12.5 Å². The number of rotatable bonds is 8. The number of aliphatic hydroxyl groups excluding tert-OH is 2. The van der Waals surface area contributed by atoms with E-state index in [1.165, 1.54) is 11.8 Å². The first-order valence-electron chi connectivity index (χ1n) is 7.32. The number of esters is 1. The SMILES string of the molecule is CCOC(=O)CSc1ncc(CO)n1C[C@@H](O)c1ccccc1. The van der Waals surface area contributed by atoms with E-state index in [-0.39, 0.29) is 24.9 Å². The summed E-state index contributed by atoms with van der Waals surface area (Å²) in [4.78, 5) is 15.7. The van der Waals surface area contributed by atoms with Crippen LogP contribution in [0.1, 0.15) is 24.3 Å². The van der Waals surface area contributed by atoms with Crippen molar-refractivity contribution in [2.75, 3.05) is 12.4 Å². The first-order valence-corrected chi connectivity index (χ1v) is 8.31. The molecule has 124 valence electrons. The quantitative estimate of drug-likeness (QED) is 0.564. The molecule has 0 saturated carbocycles. The van der Waals surface area contributed by atoms with Crippen LogP contribution in [0, 0.1) is 0 Å². The van der Waals surface area contributed by atoms with Gasteiger partial charge in [-0.3, -0.25) is 4.79 Å². The second kappa shape index (κ2) is 8.71. The zero-order valence-electron chi connectivity index (χ0n) is 12.9. The van der Waals surface area contributed by atoms with E-state index in [0.29, 0.717) is 17.5 Å². The van der Waals surface area contributed by atoms with Crippen LogP contribution in [0.2, 0.25) is 0 Å². The highest BCUT2D eigenvalue weighted by Gasteiger charge is 2.16. The highest BCUT2D eigenvalue weighted by Crippen LogP contribution is 2.23. The van der Waals surface area contributed by atoms with Crippen LogP contribution in [0.4, 0.5) is 0 Å². The van der Waals surface area contributed by atoms with Crippen molar-refractivity contribution in [1.29, 1.82) is 0 Å². The molecular formula is C16H20N2O4S. The highest BCUT2D eigenvalue weighted by molar-refractivity contribution is 7.99. The molecule has 7 heteroatoms. The summed E-state index contributed by atoms with van der Waals surface area (Å²) in [6, 6.07) is 9.27. The van der Waals surface area contributed by atoms with Crippen LogP contribution in [0.25, 0.3) is 0 Å². The van der Waals surface area contributed by atoms with E-state index in [9.17, 15) is 15.0 Å². The van der Waals surface area contributed by atoms with Crippen LogP contribution in [-0.2, 0) is 22.7 Å². The maximum absolute atomic E-state index is 11.5. The molecule has 0 aliphatic heterocycles. The number of imidazole rings is 1. The molecule has 0 unspecified atom stereocenters. The van der Waals surface area contributed by atoms with Crippen LogP contribution in [-0.4, -0.2) is 38.1 Å². The summed E-state index contributed by atoms with van der Waals surface area (Å²) in [6.45, 7) is 2.16. The first kappa shape index (κ1) is 17.5. The standard InChI is InChI=1S/C16H20N2O4S/c1-2-22-15(21)11-23-16-17-8-13(10-19)18(16)9-14(20)12-6-4-3-5-7-12/h3-8,14,19-20H,2,9-11H2,1H3/t14-/m1/s1. The summed E-state index contributed by atoms with van der Waals surface area (Å²) < 4.78 is 6.62. The number of benzene rings is 1. The maximum Gasteiger partial charge on any atom is 0.316 e. The maximum atomic E-state index is 11.5. The van der Waals surface area contributed by atoms with Gasteiger partial charge in [-0.2, -0.15) is 0 Å². The number of nitrogens with zero attached hydrogens (tertiary/aromatic N) is 2. The van der Waals surface area contributed by atoms with E-state index in [4.69, 9.17) is 4.74 Å². The number of thioether (sulfide) groups is 1.